The number of rotatable bonds is 3. The monoisotopic (exact) mass is 330 g/mol. The number of fused-ring (bicyclic) bond motifs is 2. The third-order valence-corrected chi connectivity index (χ3v) is 5.70. The number of carbonyl (C=O) groups excluding carboxylic acids is 2. The Bertz CT molecular complexity index is 976. The third-order valence-electron chi connectivity index (χ3n) is 5.70. The Hall–Kier alpha value is -2.88. The number of carbonyl (C=O) groups is 2. The lowest BCUT2D eigenvalue weighted by atomic mass is 9.63. The Morgan fingerprint density at radius 1 is 0.960 bits per heavy atom. The van der Waals surface area contributed by atoms with Gasteiger partial charge >= 0.3 is 0 Å². The normalized spacial score (nSPS) is 25.3. The largest absolute Gasteiger partial charge is 0.361 e. The van der Waals surface area contributed by atoms with Crippen LogP contribution in [-0.4, -0.2) is 21.7 Å². The molecule has 25 heavy (non-hydrogen) atoms. The zero-order valence-electron chi connectivity index (χ0n) is 13.7. The molecule has 2 fully saturated rings. The van der Waals surface area contributed by atoms with Crippen LogP contribution in [0.4, 0.5) is 0 Å². The van der Waals surface area contributed by atoms with E-state index in [9.17, 15) is 9.59 Å². The number of nitrogens with one attached hydrogen (secondary N) is 1. The van der Waals surface area contributed by atoms with Gasteiger partial charge in [0, 0.05) is 11.7 Å². The molecule has 2 amide bonds. The van der Waals surface area contributed by atoms with Crippen molar-refractivity contribution in [3.05, 3.63) is 71.9 Å². The van der Waals surface area contributed by atoms with Crippen molar-refractivity contribution in [3.63, 3.8) is 0 Å². The molecule has 5 rings (SSSR count). The van der Waals surface area contributed by atoms with E-state index in [-0.39, 0.29) is 29.6 Å². The lowest BCUT2D eigenvalue weighted by Crippen LogP contribution is -2.37. The summed E-state index contributed by atoms with van der Waals surface area (Å²) in [5.41, 5.74) is 3.23. The fraction of sp³-hybridized carbons (Fsp3) is 0.238. The molecule has 3 aromatic rings. The van der Waals surface area contributed by atoms with Crippen LogP contribution in [-0.2, 0) is 16.1 Å². The topological polar surface area (TPSA) is 53.2 Å². The highest BCUT2D eigenvalue weighted by Crippen LogP contribution is 2.53. The molecular weight excluding hydrogens is 312 g/mol. The molecule has 1 N–H and O–H groups in total. The lowest BCUT2D eigenvalue weighted by Gasteiger charge is -2.36. The predicted molar refractivity (Wildman–Crippen MR) is 94.6 cm³/mol. The second-order valence-corrected chi connectivity index (χ2v) is 7.05. The molecule has 0 spiro atoms. The van der Waals surface area contributed by atoms with Crippen molar-refractivity contribution in [1.29, 1.82) is 0 Å². The van der Waals surface area contributed by atoms with E-state index >= 15 is 0 Å². The molecule has 2 aromatic carbocycles. The first kappa shape index (κ1) is 14.5. The number of amides is 2. The minimum Gasteiger partial charge on any atom is -0.361 e. The van der Waals surface area contributed by atoms with Crippen LogP contribution in [0.2, 0.25) is 0 Å². The molecule has 1 saturated carbocycles. The average Bonchev–Trinajstić information content (AvgIpc) is 3.13. The van der Waals surface area contributed by atoms with Crippen molar-refractivity contribution in [2.24, 2.45) is 11.8 Å². The summed E-state index contributed by atoms with van der Waals surface area (Å²) in [6, 6.07) is 18.0. The summed E-state index contributed by atoms with van der Waals surface area (Å²) in [6.45, 7) is 0.383. The highest BCUT2D eigenvalue weighted by molar-refractivity contribution is 6.07. The van der Waals surface area contributed by atoms with Gasteiger partial charge in [-0.25, -0.2) is 0 Å². The van der Waals surface area contributed by atoms with Crippen molar-refractivity contribution in [2.45, 2.75) is 18.9 Å². The first-order valence-electron chi connectivity index (χ1n) is 8.68. The van der Waals surface area contributed by atoms with E-state index in [0.717, 1.165) is 23.1 Å². The fourth-order valence-corrected chi connectivity index (χ4v) is 4.30. The predicted octanol–water partition coefficient (Wildman–Crippen LogP) is 3.46. The minimum absolute atomic E-state index is 0.00365. The number of hydrogen-bond acceptors (Lipinski definition) is 2. The van der Waals surface area contributed by atoms with Crippen LogP contribution in [0.3, 0.4) is 0 Å². The maximum atomic E-state index is 12.9. The molecule has 4 heteroatoms. The van der Waals surface area contributed by atoms with Gasteiger partial charge in [0.1, 0.15) is 0 Å². The third kappa shape index (κ3) is 2.14. The molecule has 3 atom stereocenters. The zero-order valence-corrected chi connectivity index (χ0v) is 13.7. The number of likely N-dealkylation sites (tertiary alicyclic amines) is 1. The standard InChI is InChI=1S/C21H18N2O2/c24-20-17-11-16(15-7-6-14-8-9-22-18(14)10-15)19(17)21(25)23(20)12-13-4-2-1-3-5-13/h1-10,16-17,19,22H,11-12H2/t16-,17+,19-/m1/s1. The number of imide groups is 1. The first-order chi connectivity index (χ1) is 12.2. The number of aromatic nitrogens is 1. The van der Waals surface area contributed by atoms with Gasteiger partial charge in [-0.15, -0.1) is 0 Å². The van der Waals surface area contributed by atoms with Crippen LogP contribution in [0, 0.1) is 11.8 Å². The van der Waals surface area contributed by atoms with E-state index in [1.54, 1.807) is 0 Å². The van der Waals surface area contributed by atoms with Crippen LogP contribution in [0.1, 0.15) is 23.5 Å². The summed E-state index contributed by atoms with van der Waals surface area (Å²) in [5, 5.41) is 1.17. The molecule has 2 aliphatic rings. The van der Waals surface area contributed by atoms with Crippen LogP contribution < -0.4 is 0 Å². The molecule has 1 aliphatic carbocycles. The van der Waals surface area contributed by atoms with E-state index in [2.05, 4.69) is 23.2 Å². The Morgan fingerprint density at radius 2 is 1.80 bits per heavy atom. The molecule has 124 valence electrons. The minimum atomic E-state index is -0.191. The van der Waals surface area contributed by atoms with Gasteiger partial charge in [0.2, 0.25) is 11.8 Å². The molecule has 1 saturated heterocycles. The highest BCUT2D eigenvalue weighted by Gasteiger charge is 2.58. The summed E-state index contributed by atoms with van der Waals surface area (Å²) >= 11 is 0. The van der Waals surface area contributed by atoms with Crippen molar-refractivity contribution in [2.75, 3.05) is 0 Å². The van der Waals surface area contributed by atoms with Gasteiger partial charge in [-0.1, -0.05) is 42.5 Å². The second kappa shape index (κ2) is 5.31. The zero-order chi connectivity index (χ0) is 17.0. The average molecular weight is 330 g/mol. The van der Waals surface area contributed by atoms with Crippen molar-refractivity contribution >= 4 is 22.7 Å². The Balaban J connectivity index is 1.41. The molecule has 1 aliphatic heterocycles. The summed E-state index contributed by atoms with van der Waals surface area (Å²) in [6.07, 6.45) is 2.69. The van der Waals surface area contributed by atoms with Gasteiger partial charge in [-0.2, -0.15) is 0 Å². The van der Waals surface area contributed by atoms with Gasteiger partial charge < -0.3 is 4.98 Å². The summed E-state index contributed by atoms with van der Waals surface area (Å²) in [4.78, 5) is 30.2. The smallest absolute Gasteiger partial charge is 0.234 e. The second-order valence-electron chi connectivity index (χ2n) is 7.05. The van der Waals surface area contributed by atoms with E-state index < -0.39 is 0 Å². The van der Waals surface area contributed by atoms with Crippen LogP contribution in [0.25, 0.3) is 10.9 Å². The maximum absolute atomic E-state index is 12.9. The molecule has 0 unspecified atom stereocenters. The quantitative estimate of drug-likeness (QED) is 0.748. The number of aromatic amines is 1. The molecule has 1 aromatic heterocycles. The van der Waals surface area contributed by atoms with E-state index in [0.29, 0.717) is 6.54 Å². The van der Waals surface area contributed by atoms with Gasteiger partial charge in [0.15, 0.2) is 0 Å². The van der Waals surface area contributed by atoms with Crippen LogP contribution in [0.15, 0.2) is 60.8 Å². The maximum Gasteiger partial charge on any atom is 0.234 e. The molecule has 2 heterocycles. The van der Waals surface area contributed by atoms with E-state index in [1.165, 1.54) is 10.3 Å². The van der Waals surface area contributed by atoms with Crippen molar-refractivity contribution in [1.82, 2.24) is 9.88 Å². The number of H-pyrrole nitrogens is 1. The summed E-state index contributed by atoms with van der Waals surface area (Å²) < 4.78 is 0. The van der Waals surface area contributed by atoms with Gasteiger partial charge in [0.05, 0.1) is 18.4 Å². The van der Waals surface area contributed by atoms with Gasteiger partial charge in [-0.05, 0) is 41.0 Å². The number of benzene rings is 2. The highest BCUT2D eigenvalue weighted by atomic mass is 16.2. The van der Waals surface area contributed by atoms with Gasteiger partial charge in [-0.3, -0.25) is 14.5 Å². The molecule has 0 radical (unpaired) electrons. The summed E-state index contributed by atoms with van der Waals surface area (Å²) in [5.74, 6) is -0.197. The Labute approximate surface area is 145 Å². The van der Waals surface area contributed by atoms with Gasteiger partial charge in [0.25, 0.3) is 0 Å². The Morgan fingerprint density at radius 3 is 2.64 bits per heavy atom. The van der Waals surface area contributed by atoms with Crippen LogP contribution in [0.5, 0.6) is 0 Å². The van der Waals surface area contributed by atoms with E-state index in [4.69, 9.17) is 0 Å². The summed E-state index contributed by atoms with van der Waals surface area (Å²) in [7, 11) is 0. The lowest BCUT2D eigenvalue weighted by molar-refractivity contribution is -0.140. The molecule has 0 bridgehead atoms. The molecule has 4 nitrogen and oxygen atoms in total. The first-order valence-corrected chi connectivity index (χ1v) is 8.68. The van der Waals surface area contributed by atoms with Crippen molar-refractivity contribution in [3.8, 4) is 0 Å². The number of nitrogens with zero attached hydrogens (tertiary/aromatic N) is 1. The molecular formula is C21H18N2O2. The van der Waals surface area contributed by atoms with Crippen molar-refractivity contribution < 1.29 is 9.59 Å². The fourth-order valence-electron chi connectivity index (χ4n) is 4.30. The van der Waals surface area contributed by atoms with E-state index in [1.807, 2.05) is 42.6 Å². The van der Waals surface area contributed by atoms with Crippen LogP contribution >= 0.6 is 0 Å². The SMILES string of the molecule is O=C1[C@H]2[C@H](C[C@@H]2c2ccc3cc[nH]c3c2)C(=O)N1Cc1ccccc1. The number of hydrogen-bond donors (Lipinski definition) is 1. The Kier molecular flexibility index (Phi) is 3.07.